The standard InChI is InChI=1S/C24H27N3O3/c1-16(26(2)3)22(27-12-11-25-15-27)20-9-7-19-14-21(10-8-18(19)13-20)24(29)30-23(28)17-5-4-6-17/h7-17,22H,4-6H2,1-3H3. The minimum absolute atomic E-state index is 0.108. The molecule has 2 aromatic carbocycles. The molecule has 1 fully saturated rings. The van der Waals surface area contributed by atoms with Crippen molar-refractivity contribution in [1.82, 2.24) is 14.5 Å². The summed E-state index contributed by atoms with van der Waals surface area (Å²) in [7, 11) is 4.14. The Balaban J connectivity index is 1.60. The van der Waals surface area contributed by atoms with Gasteiger partial charge in [0, 0.05) is 18.4 Å². The Morgan fingerprint density at radius 1 is 1.13 bits per heavy atom. The molecule has 1 aliphatic rings. The molecule has 0 amide bonds. The zero-order valence-corrected chi connectivity index (χ0v) is 17.6. The van der Waals surface area contributed by atoms with Crippen molar-refractivity contribution in [2.75, 3.05) is 14.1 Å². The number of hydrogen-bond acceptors (Lipinski definition) is 5. The Hall–Kier alpha value is -2.99. The van der Waals surface area contributed by atoms with Gasteiger partial charge in [-0.3, -0.25) is 4.79 Å². The average molecular weight is 405 g/mol. The minimum atomic E-state index is -0.574. The summed E-state index contributed by atoms with van der Waals surface area (Å²) in [6.45, 7) is 2.19. The molecule has 0 N–H and O–H groups in total. The summed E-state index contributed by atoms with van der Waals surface area (Å²) in [5.41, 5.74) is 1.56. The molecule has 6 nitrogen and oxygen atoms in total. The van der Waals surface area contributed by atoms with Crippen molar-refractivity contribution in [3.8, 4) is 0 Å². The molecule has 3 aromatic rings. The molecule has 30 heavy (non-hydrogen) atoms. The first-order valence-electron chi connectivity index (χ1n) is 10.4. The van der Waals surface area contributed by atoms with Gasteiger partial charge in [-0.15, -0.1) is 0 Å². The van der Waals surface area contributed by atoms with Crippen LogP contribution in [0.4, 0.5) is 0 Å². The van der Waals surface area contributed by atoms with Crippen molar-refractivity contribution in [3.05, 3.63) is 66.2 Å². The molecular formula is C24H27N3O3. The van der Waals surface area contributed by atoms with Gasteiger partial charge in [-0.05, 0) is 68.4 Å². The Morgan fingerprint density at radius 2 is 1.87 bits per heavy atom. The smallest absolute Gasteiger partial charge is 0.345 e. The van der Waals surface area contributed by atoms with Gasteiger partial charge in [0.2, 0.25) is 0 Å². The zero-order chi connectivity index (χ0) is 21.3. The predicted molar refractivity (Wildman–Crippen MR) is 115 cm³/mol. The summed E-state index contributed by atoms with van der Waals surface area (Å²) in [6, 6.07) is 12.0. The highest BCUT2D eigenvalue weighted by atomic mass is 16.6. The number of likely N-dealkylation sites (N-methyl/N-ethyl adjacent to an activating group) is 1. The molecule has 0 radical (unpaired) electrons. The van der Waals surface area contributed by atoms with E-state index in [1.807, 2.05) is 24.7 Å². The maximum absolute atomic E-state index is 12.4. The number of rotatable bonds is 6. The average Bonchev–Trinajstić information content (AvgIpc) is 3.20. The first kappa shape index (κ1) is 20.3. The second kappa shape index (κ2) is 8.40. The number of esters is 2. The number of ether oxygens (including phenoxy) is 1. The minimum Gasteiger partial charge on any atom is -0.389 e. The zero-order valence-electron chi connectivity index (χ0n) is 17.6. The van der Waals surface area contributed by atoms with E-state index in [9.17, 15) is 9.59 Å². The molecule has 2 unspecified atom stereocenters. The van der Waals surface area contributed by atoms with Crippen LogP contribution in [0.15, 0.2) is 55.1 Å². The number of hydrogen-bond donors (Lipinski definition) is 0. The van der Waals surface area contributed by atoms with Crippen molar-refractivity contribution < 1.29 is 14.3 Å². The molecule has 0 spiro atoms. The number of nitrogens with zero attached hydrogens (tertiary/aromatic N) is 3. The number of carbonyl (C=O) groups excluding carboxylic acids is 2. The highest BCUT2D eigenvalue weighted by molar-refractivity contribution is 6.00. The van der Waals surface area contributed by atoms with E-state index in [0.29, 0.717) is 5.56 Å². The summed E-state index contributed by atoms with van der Waals surface area (Å²) in [4.78, 5) is 30.8. The van der Waals surface area contributed by atoms with Crippen LogP contribution < -0.4 is 0 Å². The topological polar surface area (TPSA) is 64.4 Å². The largest absolute Gasteiger partial charge is 0.389 e. The maximum Gasteiger partial charge on any atom is 0.345 e. The SMILES string of the molecule is CC(C(c1ccc2cc(C(=O)OC(=O)C3CCC3)ccc2c1)n1ccnc1)N(C)C. The summed E-state index contributed by atoms with van der Waals surface area (Å²) < 4.78 is 7.18. The van der Waals surface area contributed by atoms with Gasteiger partial charge in [0.25, 0.3) is 0 Å². The Labute approximate surface area is 176 Å². The second-order valence-electron chi connectivity index (χ2n) is 8.32. The third-order valence-electron chi connectivity index (χ3n) is 6.19. The Kier molecular flexibility index (Phi) is 5.68. The summed E-state index contributed by atoms with van der Waals surface area (Å²) >= 11 is 0. The van der Waals surface area contributed by atoms with Crippen molar-refractivity contribution in [3.63, 3.8) is 0 Å². The lowest BCUT2D eigenvalue weighted by atomic mass is 9.86. The van der Waals surface area contributed by atoms with Crippen LogP contribution in [0.1, 0.15) is 48.1 Å². The van der Waals surface area contributed by atoms with Gasteiger partial charge in [-0.2, -0.15) is 0 Å². The van der Waals surface area contributed by atoms with E-state index in [-0.39, 0.29) is 18.0 Å². The van der Waals surface area contributed by atoms with Crippen molar-refractivity contribution in [2.45, 2.75) is 38.3 Å². The van der Waals surface area contributed by atoms with E-state index in [1.54, 1.807) is 18.3 Å². The summed E-state index contributed by atoms with van der Waals surface area (Å²) in [5, 5.41) is 1.97. The fourth-order valence-electron chi connectivity index (χ4n) is 3.87. The Morgan fingerprint density at radius 3 is 2.50 bits per heavy atom. The van der Waals surface area contributed by atoms with E-state index in [1.165, 1.54) is 0 Å². The quantitative estimate of drug-likeness (QED) is 0.457. The van der Waals surface area contributed by atoms with Crippen LogP contribution in [-0.2, 0) is 9.53 Å². The van der Waals surface area contributed by atoms with E-state index in [0.717, 1.165) is 35.6 Å². The molecule has 1 aromatic heterocycles. The number of aromatic nitrogens is 2. The summed E-state index contributed by atoms with van der Waals surface area (Å²) in [6.07, 6.45) is 8.27. The van der Waals surface area contributed by atoms with Crippen LogP contribution >= 0.6 is 0 Å². The molecule has 1 aliphatic carbocycles. The second-order valence-corrected chi connectivity index (χ2v) is 8.32. The Bertz CT molecular complexity index is 1050. The van der Waals surface area contributed by atoms with Gasteiger partial charge < -0.3 is 14.2 Å². The highest BCUT2D eigenvalue weighted by Gasteiger charge is 2.29. The predicted octanol–water partition coefficient (Wildman–Crippen LogP) is 4.06. The van der Waals surface area contributed by atoms with E-state index in [2.05, 4.69) is 47.6 Å². The van der Waals surface area contributed by atoms with Crippen LogP contribution in [0.2, 0.25) is 0 Å². The van der Waals surface area contributed by atoms with Gasteiger partial charge in [0.05, 0.1) is 23.9 Å². The molecule has 0 aliphatic heterocycles. The normalized spacial score (nSPS) is 16.3. The lowest BCUT2D eigenvalue weighted by Crippen LogP contribution is -2.34. The fraction of sp³-hybridized carbons (Fsp3) is 0.375. The summed E-state index contributed by atoms with van der Waals surface area (Å²) in [5.74, 6) is -1.09. The molecule has 156 valence electrons. The molecule has 0 bridgehead atoms. The van der Waals surface area contributed by atoms with Gasteiger partial charge in [0.1, 0.15) is 0 Å². The van der Waals surface area contributed by atoms with Gasteiger partial charge in [0.15, 0.2) is 0 Å². The number of benzene rings is 2. The van der Waals surface area contributed by atoms with E-state index < -0.39 is 11.9 Å². The molecule has 6 heteroatoms. The molecule has 1 heterocycles. The van der Waals surface area contributed by atoms with Gasteiger partial charge in [-0.25, -0.2) is 9.78 Å². The number of imidazole rings is 1. The molecule has 4 rings (SSSR count). The van der Waals surface area contributed by atoms with E-state index >= 15 is 0 Å². The maximum atomic E-state index is 12.4. The van der Waals surface area contributed by atoms with Crippen LogP contribution in [0.3, 0.4) is 0 Å². The lowest BCUT2D eigenvalue weighted by Gasteiger charge is -2.31. The molecule has 0 saturated heterocycles. The van der Waals surface area contributed by atoms with Crippen molar-refractivity contribution in [1.29, 1.82) is 0 Å². The van der Waals surface area contributed by atoms with Crippen LogP contribution in [0.25, 0.3) is 10.8 Å². The molecule has 2 atom stereocenters. The number of carbonyl (C=O) groups is 2. The third kappa shape index (κ3) is 4.00. The van der Waals surface area contributed by atoms with Gasteiger partial charge in [-0.1, -0.05) is 24.6 Å². The highest BCUT2D eigenvalue weighted by Crippen LogP contribution is 2.29. The number of fused-ring (bicyclic) bond motifs is 1. The van der Waals surface area contributed by atoms with Gasteiger partial charge >= 0.3 is 11.9 Å². The van der Waals surface area contributed by atoms with Crippen molar-refractivity contribution >= 4 is 22.7 Å². The van der Waals surface area contributed by atoms with Crippen LogP contribution in [-0.4, -0.2) is 46.5 Å². The van der Waals surface area contributed by atoms with Crippen LogP contribution in [0, 0.1) is 5.92 Å². The molecule has 1 saturated carbocycles. The third-order valence-corrected chi connectivity index (χ3v) is 6.19. The first-order valence-corrected chi connectivity index (χ1v) is 10.4. The lowest BCUT2D eigenvalue weighted by molar-refractivity contribution is -0.145. The van der Waals surface area contributed by atoms with Crippen LogP contribution in [0.5, 0.6) is 0 Å². The first-order chi connectivity index (χ1) is 14.4. The fourth-order valence-corrected chi connectivity index (χ4v) is 3.87. The van der Waals surface area contributed by atoms with Crippen molar-refractivity contribution in [2.24, 2.45) is 5.92 Å². The van der Waals surface area contributed by atoms with E-state index in [4.69, 9.17) is 4.74 Å². The molecular weight excluding hydrogens is 378 g/mol. The monoisotopic (exact) mass is 405 g/mol.